The van der Waals surface area contributed by atoms with Crippen molar-refractivity contribution in [3.63, 3.8) is 0 Å². The monoisotopic (exact) mass is 1210 g/mol. The van der Waals surface area contributed by atoms with Gasteiger partial charge in [0, 0.05) is 66.5 Å². The quantitative estimate of drug-likeness (QED) is 0.139. The summed E-state index contributed by atoms with van der Waals surface area (Å²) in [6, 6.07) is 79.4. The van der Waals surface area contributed by atoms with Crippen LogP contribution in [-0.4, -0.2) is 12.2 Å². The average molecular weight is 1210 g/mol. The second kappa shape index (κ2) is 24.6. The van der Waals surface area contributed by atoms with Crippen LogP contribution in [0.15, 0.2) is 239 Å². The Bertz CT molecular complexity index is 4450. The molecule has 12 rings (SSSR count). The number of rotatable bonds is 11. The molecule has 0 bridgehead atoms. The number of nitrogens with zero attached hydrogens (tertiary/aromatic N) is 2. The highest BCUT2D eigenvalue weighted by Crippen LogP contribution is 2.51. The number of fused-ring (bicyclic) bond motifs is 2. The topological polar surface area (TPSA) is 62.2 Å². The number of aromatic hydroxyl groups is 1. The summed E-state index contributed by atoms with van der Waals surface area (Å²) in [5.41, 5.74) is 13.9. The lowest BCUT2D eigenvalue weighted by atomic mass is 9.86. The van der Waals surface area contributed by atoms with Gasteiger partial charge in [-0.25, -0.2) is 0 Å². The number of hydrogen-bond acceptors (Lipinski definition) is 6. The Hall–Kier alpha value is -8.94. The van der Waals surface area contributed by atoms with Crippen molar-refractivity contribution in [1.29, 1.82) is 0 Å². The van der Waals surface area contributed by atoms with Gasteiger partial charge in [0.15, 0.2) is 0 Å². The second-order valence-electron chi connectivity index (χ2n) is 27.0. The number of methoxy groups -OCH3 is 1. The molecule has 0 amide bonds. The Kier molecular flexibility index (Phi) is 17.0. The van der Waals surface area contributed by atoms with E-state index in [9.17, 15) is 5.11 Å². The standard InChI is InChI=1S/C41H40ClNO2.C40H38ClNO2/c1-40(2,3)29-18-20-31(21-19-29)43(35-24-30(41(4,5)6)25-36(44-7)37(35)42)32-22-23-33-34(26-32)39(28-16-12-9-13-17-28)45-38(33)27-14-10-8-11-15-27;1-39(2,3)28-17-19-30(20-18-28)42(34-23-29(40(4,5)6)24-35(43)36(34)41)31-21-22-32-33(25-31)38(27-15-11-8-12-16-27)44-37(32)26-13-9-7-10-14-26/h8-26H,1-7H3;7-25,43H,1-6H3. The summed E-state index contributed by atoms with van der Waals surface area (Å²) in [6.07, 6.45) is 0. The van der Waals surface area contributed by atoms with Gasteiger partial charge in [0.2, 0.25) is 0 Å². The summed E-state index contributed by atoms with van der Waals surface area (Å²) in [6.45, 7) is 26.4. The second-order valence-corrected chi connectivity index (χ2v) is 27.8. The zero-order valence-electron chi connectivity index (χ0n) is 53.3. The number of furan rings is 2. The number of ether oxygens (including phenoxy) is 1. The van der Waals surface area contributed by atoms with E-state index in [0.29, 0.717) is 21.5 Å². The van der Waals surface area contributed by atoms with Crippen LogP contribution < -0.4 is 14.5 Å². The van der Waals surface area contributed by atoms with Crippen LogP contribution in [0.5, 0.6) is 11.5 Å². The molecule has 6 nitrogen and oxygen atoms in total. The number of anilines is 6. The molecule has 1 N–H and O–H groups in total. The number of phenolic OH excluding ortho intramolecular Hbond substituents is 1. The van der Waals surface area contributed by atoms with Gasteiger partial charge in [-0.3, -0.25) is 0 Å². The fraction of sp³-hybridized carbons (Fsp3) is 0.210. The molecule has 0 spiro atoms. The zero-order chi connectivity index (χ0) is 63.2. The summed E-state index contributed by atoms with van der Waals surface area (Å²) < 4.78 is 19.2. The number of halogens is 2. The molecule has 89 heavy (non-hydrogen) atoms. The molecular formula is C81H78Cl2N2O4. The third-order valence-corrected chi connectivity index (χ3v) is 17.3. The van der Waals surface area contributed by atoms with Gasteiger partial charge in [-0.1, -0.05) is 252 Å². The summed E-state index contributed by atoms with van der Waals surface area (Å²) in [5.74, 6) is 4.04. The van der Waals surface area contributed by atoms with Crippen LogP contribution in [0, 0.1) is 0 Å². The molecule has 450 valence electrons. The lowest BCUT2D eigenvalue weighted by Crippen LogP contribution is -2.16. The van der Waals surface area contributed by atoms with Crippen LogP contribution in [0.2, 0.25) is 10.0 Å². The minimum Gasteiger partial charge on any atom is -0.506 e. The molecule has 0 atom stereocenters. The first-order chi connectivity index (χ1) is 42.4. The Morgan fingerprint density at radius 3 is 0.955 bits per heavy atom. The minimum atomic E-state index is -0.196. The molecule has 0 fully saturated rings. The van der Waals surface area contributed by atoms with Crippen molar-refractivity contribution in [1.82, 2.24) is 0 Å². The van der Waals surface area contributed by atoms with Gasteiger partial charge in [-0.2, -0.15) is 0 Å². The van der Waals surface area contributed by atoms with Crippen molar-refractivity contribution in [2.24, 2.45) is 0 Å². The van der Waals surface area contributed by atoms with Crippen molar-refractivity contribution in [3.8, 4) is 56.8 Å². The molecule has 2 heterocycles. The average Bonchev–Trinajstić information content (AvgIpc) is 1.75. The van der Waals surface area contributed by atoms with Gasteiger partial charge in [0.25, 0.3) is 0 Å². The highest BCUT2D eigenvalue weighted by Gasteiger charge is 2.29. The fourth-order valence-electron chi connectivity index (χ4n) is 11.3. The lowest BCUT2D eigenvalue weighted by Gasteiger charge is -2.30. The van der Waals surface area contributed by atoms with Crippen molar-refractivity contribution < 1.29 is 18.7 Å². The number of hydrogen-bond donors (Lipinski definition) is 1. The molecule has 12 aromatic rings. The van der Waals surface area contributed by atoms with E-state index < -0.39 is 0 Å². The Morgan fingerprint density at radius 2 is 0.629 bits per heavy atom. The van der Waals surface area contributed by atoms with Crippen LogP contribution in [0.25, 0.3) is 66.8 Å². The molecule has 0 aliphatic rings. The first-order valence-electron chi connectivity index (χ1n) is 30.4. The van der Waals surface area contributed by atoms with Crippen molar-refractivity contribution >= 4 is 78.9 Å². The maximum absolute atomic E-state index is 11.1. The van der Waals surface area contributed by atoms with Crippen LogP contribution in [0.1, 0.15) is 105 Å². The van der Waals surface area contributed by atoms with Gasteiger partial charge in [0.1, 0.15) is 44.6 Å². The molecule has 0 radical (unpaired) electrons. The predicted octanol–water partition coefficient (Wildman–Crippen LogP) is 24.7. The summed E-state index contributed by atoms with van der Waals surface area (Å²) in [7, 11) is 1.68. The summed E-state index contributed by atoms with van der Waals surface area (Å²) >= 11 is 14.1. The zero-order valence-corrected chi connectivity index (χ0v) is 54.8. The minimum absolute atomic E-state index is 0.0134. The van der Waals surface area contributed by atoms with E-state index in [-0.39, 0.29) is 27.4 Å². The highest BCUT2D eigenvalue weighted by molar-refractivity contribution is 6.35. The normalized spacial score (nSPS) is 12.0. The van der Waals surface area contributed by atoms with E-state index in [1.165, 1.54) is 11.1 Å². The lowest BCUT2D eigenvalue weighted by molar-refractivity contribution is 0.413. The SMILES string of the molecule is CC(C)(C)c1ccc(N(c2ccc3c(-c4ccccc4)oc(-c4ccccc4)c3c2)c2cc(C(C)(C)C)cc(O)c2Cl)cc1.COc1cc(C(C)(C)C)cc(N(c2ccc(C(C)(C)C)cc2)c2ccc3c(-c4ccccc4)oc(-c4ccccc4)c3c2)c1Cl. The summed E-state index contributed by atoms with van der Waals surface area (Å²) in [5, 5.41) is 16.0. The van der Waals surface area contributed by atoms with E-state index in [0.717, 1.165) is 106 Å². The van der Waals surface area contributed by atoms with Gasteiger partial charge in [0.05, 0.1) is 18.5 Å². The predicted molar refractivity (Wildman–Crippen MR) is 377 cm³/mol. The van der Waals surface area contributed by atoms with E-state index >= 15 is 0 Å². The largest absolute Gasteiger partial charge is 0.506 e. The van der Waals surface area contributed by atoms with Gasteiger partial charge < -0.3 is 28.5 Å². The van der Waals surface area contributed by atoms with Gasteiger partial charge in [-0.05, 0) is 129 Å². The maximum atomic E-state index is 11.1. The van der Waals surface area contributed by atoms with Crippen molar-refractivity contribution in [3.05, 3.63) is 263 Å². The van der Waals surface area contributed by atoms with E-state index in [1.54, 1.807) is 13.2 Å². The van der Waals surface area contributed by atoms with E-state index in [1.807, 2.05) is 78.9 Å². The third-order valence-electron chi connectivity index (χ3n) is 16.5. The van der Waals surface area contributed by atoms with Crippen LogP contribution in [0.4, 0.5) is 34.1 Å². The van der Waals surface area contributed by atoms with E-state index in [2.05, 4.69) is 238 Å². The van der Waals surface area contributed by atoms with E-state index in [4.69, 9.17) is 36.8 Å². The van der Waals surface area contributed by atoms with Crippen LogP contribution in [0.3, 0.4) is 0 Å². The molecule has 8 heteroatoms. The van der Waals surface area contributed by atoms with Crippen LogP contribution >= 0.6 is 23.2 Å². The molecule has 0 aliphatic carbocycles. The Morgan fingerprint density at radius 1 is 0.326 bits per heavy atom. The third kappa shape index (κ3) is 12.9. The van der Waals surface area contributed by atoms with Crippen molar-refractivity contribution in [2.45, 2.75) is 105 Å². The van der Waals surface area contributed by atoms with Gasteiger partial charge >= 0.3 is 0 Å². The highest BCUT2D eigenvalue weighted by atomic mass is 35.5. The maximum Gasteiger partial charge on any atom is 0.142 e. The number of benzene rings is 10. The molecule has 0 unspecified atom stereocenters. The Labute approximate surface area is 535 Å². The van der Waals surface area contributed by atoms with Crippen LogP contribution in [-0.2, 0) is 21.7 Å². The first kappa shape index (κ1) is 61.7. The molecule has 10 aromatic carbocycles. The molecular weight excluding hydrogens is 1140 g/mol. The molecule has 0 aliphatic heterocycles. The molecule has 0 saturated carbocycles. The fourth-order valence-corrected chi connectivity index (χ4v) is 11.8. The smallest absolute Gasteiger partial charge is 0.142 e. The Balaban J connectivity index is 0.000000184. The van der Waals surface area contributed by atoms with Gasteiger partial charge in [-0.15, -0.1) is 0 Å². The number of phenols is 1. The molecule has 2 aromatic heterocycles. The first-order valence-corrected chi connectivity index (χ1v) is 31.2. The summed E-state index contributed by atoms with van der Waals surface area (Å²) in [4.78, 5) is 4.36. The molecule has 0 saturated heterocycles. The van der Waals surface area contributed by atoms with Crippen molar-refractivity contribution in [2.75, 3.05) is 16.9 Å².